The minimum absolute atomic E-state index is 0.0248. The fourth-order valence-corrected chi connectivity index (χ4v) is 3.19. The molecule has 118 valence electrons. The Balaban J connectivity index is 1.94. The van der Waals surface area contributed by atoms with Crippen LogP contribution in [-0.4, -0.2) is 40.4 Å². The van der Waals surface area contributed by atoms with Crippen LogP contribution in [0.15, 0.2) is 24.3 Å². The van der Waals surface area contributed by atoms with Gasteiger partial charge < -0.3 is 15.2 Å². The number of nitrogens with zero attached hydrogens (tertiary/aromatic N) is 2. The Morgan fingerprint density at radius 2 is 2.04 bits per heavy atom. The van der Waals surface area contributed by atoms with E-state index < -0.39 is 5.97 Å². The molecule has 1 saturated carbocycles. The zero-order valence-corrected chi connectivity index (χ0v) is 12.5. The summed E-state index contributed by atoms with van der Waals surface area (Å²) in [7, 11) is 1.57. The van der Waals surface area contributed by atoms with E-state index in [1.54, 1.807) is 31.4 Å². The van der Waals surface area contributed by atoms with E-state index in [2.05, 4.69) is 10.4 Å². The van der Waals surface area contributed by atoms with Crippen molar-refractivity contribution in [2.45, 2.75) is 18.3 Å². The Morgan fingerprint density at radius 3 is 2.61 bits per heavy atom. The van der Waals surface area contributed by atoms with Gasteiger partial charge in [0.1, 0.15) is 11.4 Å². The third kappa shape index (κ3) is 1.93. The number of carbonyl (C=O) groups excluding carboxylic acids is 1. The fraction of sp³-hybridized carbons (Fsp3) is 0.312. The topological polar surface area (TPSA) is 93.5 Å². The second-order valence-corrected chi connectivity index (χ2v) is 5.95. The van der Waals surface area contributed by atoms with Gasteiger partial charge in [-0.2, -0.15) is 5.10 Å². The maximum Gasteiger partial charge on any atom is 0.356 e. The molecule has 2 aliphatic rings. The third-order valence-electron chi connectivity index (χ3n) is 4.59. The number of fused-ring (bicyclic) bond motifs is 2. The van der Waals surface area contributed by atoms with Crippen LogP contribution < -0.4 is 10.1 Å². The molecule has 1 amide bonds. The first-order valence-electron chi connectivity index (χ1n) is 7.35. The Morgan fingerprint density at radius 1 is 1.35 bits per heavy atom. The SMILES string of the molecule is COc1ccc(-n2nc(C(=O)O)c3c2C(=O)NCC32CC2)cc1. The van der Waals surface area contributed by atoms with Gasteiger partial charge in [-0.1, -0.05) is 0 Å². The predicted molar refractivity (Wildman–Crippen MR) is 80.3 cm³/mol. The number of ether oxygens (including phenoxy) is 1. The lowest BCUT2D eigenvalue weighted by atomic mass is 9.90. The molecule has 0 unspecified atom stereocenters. The van der Waals surface area contributed by atoms with Gasteiger partial charge in [0.2, 0.25) is 0 Å². The molecule has 7 nitrogen and oxygen atoms in total. The normalized spacial score (nSPS) is 17.5. The van der Waals surface area contributed by atoms with Crippen molar-refractivity contribution in [3.63, 3.8) is 0 Å². The molecule has 2 heterocycles. The zero-order valence-electron chi connectivity index (χ0n) is 12.5. The van der Waals surface area contributed by atoms with Crippen molar-refractivity contribution >= 4 is 11.9 Å². The second-order valence-electron chi connectivity index (χ2n) is 5.95. The molecular weight excluding hydrogens is 298 g/mol. The van der Waals surface area contributed by atoms with Crippen LogP contribution in [0.5, 0.6) is 5.75 Å². The molecule has 1 aromatic carbocycles. The number of nitrogens with one attached hydrogen (secondary N) is 1. The molecule has 4 rings (SSSR count). The third-order valence-corrected chi connectivity index (χ3v) is 4.59. The van der Waals surface area contributed by atoms with Crippen LogP contribution in [0, 0.1) is 0 Å². The van der Waals surface area contributed by atoms with Crippen LogP contribution in [0.25, 0.3) is 5.69 Å². The van der Waals surface area contributed by atoms with Gasteiger partial charge >= 0.3 is 5.97 Å². The summed E-state index contributed by atoms with van der Waals surface area (Å²) >= 11 is 0. The highest BCUT2D eigenvalue weighted by atomic mass is 16.5. The lowest BCUT2D eigenvalue weighted by molar-refractivity contribution is 0.0688. The number of rotatable bonds is 3. The summed E-state index contributed by atoms with van der Waals surface area (Å²) in [5.74, 6) is -0.709. The van der Waals surface area contributed by atoms with Crippen LogP contribution >= 0.6 is 0 Å². The number of carboxylic acid groups (broad SMARTS) is 1. The van der Waals surface area contributed by atoms with Crippen molar-refractivity contribution in [1.82, 2.24) is 15.1 Å². The second kappa shape index (κ2) is 4.58. The average Bonchev–Trinajstić information content (AvgIpc) is 3.20. The van der Waals surface area contributed by atoms with Crippen LogP contribution in [-0.2, 0) is 5.41 Å². The van der Waals surface area contributed by atoms with E-state index in [1.807, 2.05) is 0 Å². The van der Waals surface area contributed by atoms with E-state index in [1.165, 1.54) is 4.68 Å². The van der Waals surface area contributed by atoms with E-state index >= 15 is 0 Å². The Hall–Kier alpha value is -2.83. The van der Waals surface area contributed by atoms with Gasteiger partial charge in [-0.05, 0) is 37.1 Å². The Kier molecular flexibility index (Phi) is 2.75. The van der Waals surface area contributed by atoms with Gasteiger partial charge in [0, 0.05) is 17.5 Å². The molecule has 0 bridgehead atoms. The first kappa shape index (κ1) is 13.8. The highest BCUT2D eigenvalue weighted by Crippen LogP contribution is 2.52. The van der Waals surface area contributed by atoms with Crippen LogP contribution in [0.1, 0.15) is 39.4 Å². The quantitative estimate of drug-likeness (QED) is 0.892. The maximum atomic E-state index is 12.4. The van der Waals surface area contributed by atoms with Gasteiger partial charge in [-0.3, -0.25) is 4.79 Å². The molecule has 1 aliphatic carbocycles. The summed E-state index contributed by atoms with van der Waals surface area (Å²) in [5.41, 5.74) is 1.24. The van der Waals surface area contributed by atoms with Gasteiger partial charge in [-0.15, -0.1) is 0 Å². The first-order valence-corrected chi connectivity index (χ1v) is 7.35. The number of carboxylic acids is 1. The minimum atomic E-state index is -1.10. The molecule has 2 N–H and O–H groups in total. The molecule has 1 aromatic heterocycles. The lowest BCUT2D eigenvalue weighted by Crippen LogP contribution is -2.40. The monoisotopic (exact) mass is 313 g/mol. The van der Waals surface area contributed by atoms with E-state index in [0.717, 1.165) is 12.8 Å². The highest BCUT2D eigenvalue weighted by Gasteiger charge is 2.53. The van der Waals surface area contributed by atoms with E-state index in [9.17, 15) is 14.7 Å². The molecule has 23 heavy (non-hydrogen) atoms. The predicted octanol–water partition coefficient (Wildman–Crippen LogP) is 1.35. The van der Waals surface area contributed by atoms with Crippen LogP contribution in [0.4, 0.5) is 0 Å². The fourth-order valence-electron chi connectivity index (χ4n) is 3.19. The first-order chi connectivity index (χ1) is 11.1. The molecule has 0 radical (unpaired) electrons. The molecule has 1 spiro atoms. The van der Waals surface area contributed by atoms with Gasteiger partial charge in [0.25, 0.3) is 5.91 Å². The summed E-state index contributed by atoms with van der Waals surface area (Å²) in [4.78, 5) is 24.0. The minimum Gasteiger partial charge on any atom is -0.497 e. The molecule has 2 aromatic rings. The highest BCUT2D eigenvalue weighted by molar-refractivity contribution is 6.01. The van der Waals surface area contributed by atoms with Crippen molar-refractivity contribution in [3.8, 4) is 11.4 Å². The van der Waals surface area contributed by atoms with Crippen molar-refractivity contribution in [2.75, 3.05) is 13.7 Å². The molecule has 1 aliphatic heterocycles. The summed E-state index contributed by atoms with van der Waals surface area (Å²) in [6, 6.07) is 6.99. The Labute approximate surface area is 131 Å². The lowest BCUT2D eigenvalue weighted by Gasteiger charge is -2.23. The number of hydrogen-bond donors (Lipinski definition) is 2. The van der Waals surface area contributed by atoms with Gasteiger partial charge in [0.15, 0.2) is 5.69 Å². The number of amides is 1. The maximum absolute atomic E-state index is 12.4. The van der Waals surface area contributed by atoms with Crippen LogP contribution in [0.2, 0.25) is 0 Å². The number of hydrogen-bond acceptors (Lipinski definition) is 4. The number of benzene rings is 1. The van der Waals surface area contributed by atoms with Crippen molar-refractivity contribution in [2.24, 2.45) is 0 Å². The summed E-state index contributed by atoms with van der Waals surface area (Å²) in [6.45, 7) is 0.480. The molecule has 1 fully saturated rings. The van der Waals surface area contributed by atoms with Gasteiger partial charge in [0.05, 0.1) is 12.8 Å². The van der Waals surface area contributed by atoms with E-state index in [0.29, 0.717) is 29.2 Å². The number of aromatic nitrogens is 2. The van der Waals surface area contributed by atoms with Crippen molar-refractivity contribution in [3.05, 3.63) is 41.2 Å². The van der Waals surface area contributed by atoms with Gasteiger partial charge in [-0.25, -0.2) is 9.48 Å². The number of aromatic carboxylic acids is 1. The van der Waals surface area contributed by atoms with Crippen LogP contribution in [0.3, 0.4) is 0 Å². The summed E-state index contributed by atoms with van der Waals surface area (Å²) in [6.07, 6.45) is 1.74. The zero-order chi connectivity index (χ0) is 16.2. The van der Waals surface area contributed by atoms with E-state index in [-0.39, 0.29) is 17.0 Å². The molecule has 0 saturated heterocycles. The molecule has 7 heteroatoms. The van der Waals surface area contributed by atoms with Crippen molar-refractivity contribution in [1.29, 1.82) is 0 Å². The average molecular weight is 313 g/mol. The largest absolute Gasteiger partial charge is 0.497 e. The Bertz CT molecular complexity index is 819. The number of carbonyl (C=O) groups is 2. The standard InChI is InChI=1S/C16H15N3O4/c1-23-10-4-2-9(3-5-10)19-13-11(12(18-19)15(21)22)16(6-7-16)8-17-14(13)20/h2-5H,6-8H2,1H3,(H,17,20)(H,21,22). The van der Waals surface area contributed by atoms with E-state index in [4.69, 9.17) is 4.74 Å². The smallest absolute Gasteiger partial charge is 0.356 e. The summed E-state index contributed by atoms with van der Waals surface area (Å²) in [5, 5.41) is 16.6. The molecule has 0 atom stereocenters. The molecular formula is C16H15N3O4. The summed E-state index contributed by atoms with van der Waals surface area (Å²) < 4.78 is 6.55. The number of methoxy groups -OCH3 is 1. The van der Waals surface area contributed by atoms with Crippen molar-refractivity contribution < 1.29 is 19.4 Å².